The number of ether oxygens (including phenoxy) is 1. The Morgan fingerprint density at radius 1 is 1.06 bits per heavy atom. The van der Waals surface area contributed by atoms with Gasteiger partial charge in [-0.3, -0.25) is 9.59 Å². The van der Waals surface area contributed by atoms with E-state index < -0.39 is 18.0 Å². The lowest BCUT2D eigenvalue weighted by molar-refractivity contribution is -0.152. The quantitative estimate of drug-likeness (QED) is 0.659. The Kier molecular flexibility index (Phi) is 6.44. The molecule has 1 saturated heterocycles. The highest BCUT2D eigenvalue weighted by molar-refractivity contribution is 5.82. The second-order valence-electron chi connectivity index (χ2n) is 8.49. The van der Waals surface area contributed by atoms with Crippen LogP contribution in [0.4, 0.5) is 4.79 Å². The van der Waals surface area contributed by atoms with Crippen molar-refractivity contribution >= 4 is 18.0 Å². The molecule has 7 nitrogen and oxygen atoms in total. The van der Waals surface area contributed by atoms with Crippen molar-refractivity contribution in [3.05, 3.63) is 59.7 Å². The molecule has 0 radical (unpaired) electrons. The fourth-order valence-electron chi connectivity index (χ4n) is 4.56. The summed E-state index contributed by atoms with van der Waals surface area (Å²) in [5.74, 6) is -1.53. The molecule has 0 aromatic heterocycles. The number of fused-ring (bicyclic) bond motifs is 3. The average molecular weight is 437 g/mol. The van der Waals surface area contributed by atoms with Crippen LogP contribution in [0.3, 0.4) is 0 Å². The normalized spacial score (nSPS) is 16.0. The zero-order valence-electron chi connectivity index (χ0n) is 18.1. The fourth-order valence-corrected chi connectivity index (χ4v) is 4.56. The summed E-state index contributed by atoms with van der Waals surface area (Å²) in [6.45, 7) is 2.68. The van der Waals surface area contributed by atoms with E-state index in [1.807, 2.05) is 31.2 Å². The monoisotopic (exact) mass is 436 g/mol. The summed E-state index contributed by atoms with van der Waals surface area (Å²) in [5, 5.41) is 11.8. The van der Waals surface area contributed by atoms with Gasteiger partial charge >= 0.3 is 12.1 Å². The lowest BCUT2D eigenvalue weighted by Gasteiger charge is -2.37. The highest BCUT2D eigenvalue weighted by Gasteiger charge is 2.36. The number of carboxylic acids is 1. The lowest BCUT2D eigenvalue weighted by atomic mass is 9.98. The first-order valence-electron chi connectivity index (χ1n) is 11.1. The van der Waals surface area contributed by atoms with E-state index in [9.17, 15) is 14.4 Å². The van der Waals surface area contributed by atoms with Crippen LogP contribution >= 0.6 is 0 Å². The van der Waals surface area contributed by atoms with Crippen LogP contribution in [-0.4, -0.2) is 53.7 Å². The third-order valence-electron chi connectivity index (χ3n) is 6.31. The molecule has 2 aliphatic rings. The van der Waals surface area contributed by atoms with Crippen molar-refractivity contribution in [2.45, 2.75) is 38.1 Å². The Balaban J connectivity index is 1.33. The van der Waals surface area contributed by atoms with Gasteiger partial charge in [0.25, 0.3) is 0 Å². The molecule has 0 unspecified atom stereocenters. The van der Waals surface area contributed by atoms with Gasteiger partial charge in [-0.1, -0.05) is 61.9 Å². The Hall–Kier alpha value is -3.35. The van der Waals surface area contributed by atoms with Gasteiger partial charge in [0.05, 0.1) is 5.92 Å². The van der Waals surface area contributed by atoms with Crippen molar-refractivity contribution in [3.63, 3.8) is 0 Å². The number of benzene rings is 2. The highest BCUT2D eigenvalue weighted by atomic mass is 16.5. The zero-order valence-corrected chi connectivity index (χ0v) is 18.1. The molecule has 2 N–H and O–H groups in total. The average Bonchev–Trinajstić information content (AvgIpc) is 3.05. The number of hydrogen-bond acceptors (Lipinski definition) is 4. The molecule has 1 aliphatic carbocycles. The molecule has 7 heteroatoms. The SMILES string of the molecule is CCC[C@@H](CC(=O)N1CC(C(=O)O)C1)NC(=O)OCC1c2ccccc2-c2ccccc21. The van der Waals surface area contributed by atoms with Crippen molar-refractivity contribution in [3.8, 4) is 11.1 Å². The van der Waals surface area contributed by atoms with Crippen molar-refractivity contribution < 1.29 is 24.2 Å². The number of nitrogens with one attached hydrogen (secondary N) is 1. The molecule has 0 saturated carbocycles. The maximum absolute atomic E-state index is 12.5. The van der Waals surface area contributed by atoms with Gasteiger partial charge in [0.15, 0.2) is 0 Å². The van der Waals surface area contributed by atoms with Crippen molar-refractivity contribution in [2.75, 3.05) is 19.7 Å². The first-order chi connectivity index (χ1) is 15.5. The number of carbonyl (C=O) groups excluding carboxylic acids is 2. The number of hydrogen-bond donors (Lipinski definition) is 2. The largest absolute Gasteiger partial charge is 0.481 e. The Morgan fingerprint density at radius 2 is 1.66 bits per heavy atom. The maximum Gasteiger partial charge on any atom is 0.407 e. The predicted molar refractivity (Wildman–Crippen MR) is 119 cm³/mol. The van der Waals surface area contributed by atoms with Gasteiger partial charge < -0.3 is 20.1 Å². The second kappa shape index (κ2) is 9.42. The summed E-state index contributed by atoms with van der Waals surface area (Å²) in [4.78, 5) is 37.5. The van der Waals surface area contributed by atoms with Gasteiger partial charge in [-0.05, 0) is 28.7 Å². The maximum atomic E-state index is 12.5. The van der Waals surface area contributed by atoms with Gasteiger partial charge in [0, 0.05) is 31.5 Å². The summed E-state index contributed by atoms with van der Waals surface area (Å²) in [7, 11) is 0. The van der Waals surface area contributed by atoms with Gasteiger partial charge in [-0.25, -0.2) is 4.79 Å². The molecular formula is C25H28N2O5. The second-order valence-corrected chi connectivity index (χ2v) is 8.49. The van der Waals surface area contributed by atoms with Crippen molar-refractivity contribution in [2.24, 2.45) is 5.92 Å². The number of aliphatic carboxylic acids is 1. The van der Waals surface area contributed by atoms with E-state index in [-0.39, 0.29) is 44.0 Å². The number of carbonyl (C=O) groups is 3. The van der Waals surface area contributed by atoms with E-state index in [0.717, 1.165) is 17.5 Å². The van der Waals surface area contributed by atoms with Crippen LogP contribution in [0.25, 0.3) is 11.1 Å². The van der Waals surface area contributed by atoms with Gasteiger partial charge in [0.1, 0.15) is 6.61 Å². The third-order valence-corrected chi connectivity index (χ3v) is 6.31. The molecule has 168 valence electrons. The van der Waals surface area contributed by atoms with E-state index >= 15 is 0 Å². The van der Waals surface area contributed by atoms with Crippen molar-refractivity contribution in [1.29, 1.82) is 0 Å². The molecule has 4 rings (SSSR count). The fraction of sp³-hybridized carbons (Fsp3) is 0.400. The predicted octanol–water partition coefficient (Wildman–Crippen LogP) is 3.63. The van der Waals surface area contributed by atoms with Gasteiger partial charge in [-0.2, -0.15) is 0 Å². The molecule has 1 heterocycles. The Morgan fingerprint density at radius 3 is 2.22 bits per heavy atom. The molecule has 1 aliphatic heterocycles. The van der Waals surface area contributed by atoms with E-state index in [0.29, 0.717) is 6.42 Å². The van der Waals surface area contributed by atoms with Crippen LogP contribution < -0.4 is 5.32 Å². The smallest absolute Gasteiger partial charge is 0.407 e. The molecule has 1 fully saturated rings. The highest BCUT2D eigenvalue weighted by Crippen LogP contribution is 2.44. The summed E-state index contributed by atoms with van der Waals surface area (Å²) >= 11 is 0. The minimum atomic E-state index is -0.879. The Labute approximate surface area is 187 Å². The Bertz CT molecular complexity index is 969. The summed E-state index contributed by atoms with van der Waals surface area (Å²) in [6, 6.07) is 16.0. The number of likely N-dealkylation sites (tertiary alicyclic amines) is 1. The summed E-state index contributed by atoms with van der Waals surface area (Å²) in [6.07, 6.45) is 1.06. The molecule has 2 aromatic rings. The zero-order chi connectivity index (χ0) is 22.7. The lowest BCUT2D eigenvalue weighted by Crippen LogP contribution is -2.54. The van der Waals surface area contributed by atoms with Crippen LogP contribution in [0, 0.1) is 5.92 Å². The molecule has 1 atom stereocenters. The van der Waals surface area contributed by atoms with Gasteiger partial charge in [0.2, 0.25) is 5.91 Å². The van der Waals surface area contributed by atoms with Crippen LogP contribution in [-0.2, 0) is 14.3 Å². The number of nitrogens with zero attached hydrogens (tertiary/aromatic N) is 1. The molecule has 0 bridgehead atoms. The minimum Gasteiger partial charge on any atom is -0.481 e. The van der Waals surface area contributed by atoms with Crippen molar-refractivity contribution in [1.82, 2.24) is 10.2 Å². The number of rotatable bonds is 8. The van der Waals surface area contributed by atoms with E-state index in [1.54, 1.807) is 0 Å². The van der Waals surface area contributed by atoms with E-state index in [4.69, 9.17) is 9.84 Å². The topological polar surface area (TPSA) is 95.9 Å². The van der Waals surface area contributed by atoms with E-state index in [2.05, 4.69) is 29.6 Å². The first kappa shape index (κ1) is 21.9. The molecule has 2 amide bonds. The molecular weight excluding hydrogens is 408 g/mol. The standard InChI is InChI=1S/C25H28N2O5/c1-2-7-17(12-23(28)27-13-16(14-27)24(29)30)26-25(31)32-15-22-20-10-5-3-8-18(20)19-9-4-6-11-21(19)22/h3-6,8-11,16-17,22H,2,7,12-15H2,1H3,(H,26,31)(H,29,30)/t17-/m0/s1. The van der Waals surface area contributed by atoms with Crippen LogP contribution in [0.5, 0.6) is 0 Å². The summed E-state index contributed by atoms with van der Waals surface area (Å²) < 4.78 is 5.59. The van der Waals surface area contributed by atoms with Gasteiger partial charge in [-0.15, -0.1) is 0 Å². The van der Waals surface area contributed by atoms with Crippen LogP contribution in [0.15, 0.2) is 48.5 Å². The van der Waals surface area contributed by atoms with Crippen LogP contribution in [0.2, 0.25) is 0 Å². The number of carboxylic acid groups (broad SMARTS) is 1. The number of amides is 2. The van der Waals surface area contributed by atoms with E-state index in [1.165, 1.54) is 16.0 Å². The van der Waals surface area contributed by atoms with Crippen LogP contribution in [0.1, 0.15) is 43.2 Å². The molecule has 32 heavy (non-hydrogen) atoms. The first-order valence-corrected chi connectivity index (χ1v) is 11.1. The summed E-state index contributed by atoms with van der Waals surface area (Å²) in [5.41, 5.74) is 4.63. The molecule has 2 aromatic carbocycles. The minimum absolute atomic E-state index is 0.0200. The molecule has 0 spiro atoms. The third kappa shape index (κ3) is 4.47. The number of alkyl carbamates (subject to hydrolysis) is 1.